The predicted octanol–water partition coefficient (Wildman–Crippen LogP) is 4.79. The zero-order valence-corrected chi connectivity index (χ0v) is 26.3. The van der Waals surface area contributed by atoms with E-state index in [1.807, 2.05) is 5.32 Å². The smallest absolute Gasteiger partial charge is 0.405 e. The van der Waals surface area contributed by atoms with Gasteiger partial charge in [-0.15, -0.1) is 0 Å². The molecule has 1 N–H and O–H groups in total. The van der Waals surface area contributed by atoms with Crippen molar-refractivity contribution in [2.45, 2.75) is 62.8 Å². The fourth-order valence-corrected chi connectivity index (χ4v) is 6.06. The molecule has 0 unspecified atom stereocenters. The van der Waals surface area contributed by atoms with Crippen molar-refractivity contribution >= 4 is 23.6 Å². The summed E-state index contributed by atoms with van der Waals surface area (Å²) in [5.41, 5.74) is 1.80. The number of benzene rings is 3. The van der Waals surface area contributed by atoms with E-state index in [9.17, 15) is 32.3 Å². The quantitative estimate of drug-likeness (QED) is 0.301. The number of rotatable bonds is 6. The molecule has 0 aromatic heterocycles. The number of amides is 4. The Bertz CT molecular complexity index is 1640. The van der Waals surface area contributed by atoms with Gasteiger partial charge in [0.2, 0.25) is 17.7 Å². The molecule has 2 heterocycles. The number of nitrogens with zero attached hydrogens (tertiary/aromatic N) is 3. The first-order chi connectivity index (χ1) is 22.9. The predicted molar refractivity (Wildman–Crippen MR) is 167 cm³/mol. The number of aryl methyl sites for hydroxylation is 1. The second-order valence-corrected chi connectivity index (χ2v) is 12.0. The van der Waals surface area contributed by atoms with Crippen molar-refractivity contribution in [3.8, 4) is 11.5 Å². The van der Waals surface area contributed by atoms with Gasteiger partial charge in [0.15, 0.2) is 0 Å². The van der Waals surface area contributed by atoms with E-state index < -0.39 is 48.6 Å². The van der Waals surface area contributed by atoms with Gasteiger partial charge in [-0.3, -0.25) is 19.2 Å². The number of hydrogen-bond donors (Lipinski definition) is 1. The Morgan fingerprint density at radius 3 is 2.15 bits per heavy atom. The normalized spacial score (nSPS) is 20.9. The van der Waals surface area contributed by atoms with Crippen LogP contribution in [0, 0.1) is 0 Å². The van der Waals surface area contributed by atoms with E-state index in [1.54, 1.807) is 78.9 Å². The molecular weight excluding hydrogens is 632 g/mol. The monoisotopic (exact) mass is 668 g/mol. The molecule has 1 fully saturated rings. The first-order valence-electron chi connectivity index (χ1n) is 15.7. The number of likely N-dealkylation sites (tertiary alicyclic amines) is 1. The van der Waals surface area contributed by atoms with Crippen molar-refractivity contribution in [3.05, 3.63) is 95.6 Å². The van der Waals surface area contributed by atoms with Crippen LogP contribution in [0.15, 0.2) is 78.9 Å². The Kier molecular flexibility index (Phi) is 10.7. The molecule has 9 nitrogen and oxygen atoms in total. The number of fused-ring (bicyclic) bond motifs is 4. The first-order valence-corrected chi connectivity index (χ1v) is 15.7. The third-order valence-electron chi connectivity index (χ3n) is 8.56. The lowest BCUT2D eigenvalue weighted by molar-refractivity contribution is -0.169. The summed E-state index contributed by atoms with van der Waals surface area (Å²) in [4.78, 5) is 56.6. The van der Waals surface area contributed by atoms with Gasteiger partial charge < -0.3 is 19.9 Å². The van der Waals surface area contributed by atoms with E-state index in [-0.39, 0.29) is 49.7 Å². The minimum Gasteiger partial charge on any atom is -0.457 e. The number of likely N-dealkylation sites (N-methyl/N-ethyl adjacent to an activating group) is 1. The maximum absolute atomic E-state index is 16.6. The molecular formula is C35H36F4N4O5. The Balaban J connectivity index is 1.58. The highest BCUT2D eigenvalue weighted by Crippen LogP contribution is 2.28. The van der Waals surface area contributed by atoms with Gasteiger partial charge in [0.25, 0.3) is 5.91 Å². The molecule has 13 heteroatoms. The van der Waals surface area contributed by atoms with Gasteiger partial charge in [-0.2, -0.15) is 18.3 Å². The van der Waals surface area contributed by atoms with E-state index in [2.05, 4.69) is 0 Å². The SMILES string of the molecule is CN1C(=O)[C@H](CCc2ccccc2)N(F)C(=O)[C@@H](N2CCCC2=O)Cc2cccc(c2)Oc2cccc(c2)C[C@H]1C(=O)NCC(F)(F)F. The van der Waals surface area contributed by atoms with Crippen molar-refractivity contribution < 1.29 is 41.6 Å². The van der Waals surface area contributed by atoms with Crippen LogP contribution in [-0.2, 0) is 38.4 Å². The Hall–Kier alpha value is -4.94. The molecule has 3 atom stereocenters. The minimum absolute atomic E-state index is 0.0693. The first kappa shape index (κ1) is 34.4. The lowest BCUT2D eigenvalue weighted by Gasteiger charge is -2.35. The number of alkyl halides is 3. The molecule has 0 saturated carbocycles. The molecule has 0 radical (unpaired) electrons. The molecule has 254 valence electrons. The average Bonchev–Trinajstić information content (AvgIpc) is 3.49. The van der Waals surface area contributed by atoms with Gasteiger partial charge in [-0.1, -0.05) is 59.1 Å². The molecule has 3 aromatic rings. The van der Waals surface area contributed by atoms with Crippen molar-refractivity contribution in [2.24, 2.45) is 0 Å². The van der Waals surface area contributed by atoms with Crippen LogP contribution in [0.1, 0.15) is 36.0 Å². The van der Waals surface area contributed by atoms with Gasteiger partial charge in [0.05, 0.1) is 0 Å². The summed E-state index contributed by atoms with van der Waals surface area (Å²) >= 11 is 0. The van der Waals surface area contributed by atoms with Gasteiger partial charge in [0.1, 0.15) is 36.2 Å². The second-order valence-electron chi connectivity index (χ2n) is 12.0. The zero-order chi connectivity index (χ0) is 34.4. The number of nitrogens with one attached hydrogen (secondary N) is 1. The summed E-state index contributed by atoms with van der Waals surface area (Å²) in [6, 6.07) is 17.6. The van der Waals surface area contributed by atoms with Crippen molar-refractivity contribution in [3.63, 3.8) is 0 Å². The van der Waals surface area contributed by atoms with Gasteiger partial charge in [-0.25, -0.2) is 0 Å². The third-order valence-corrected chi connectivity index (χ3v) is 8.56. The zero-order valence-electron chi connectivity index (χ0n) is 26.3. The van der Waals surface area contributed by atoms with E-state index in [0.29, 0.717) is 29.0 Å². The lowest BCUT2D eigenvalue weighted by Crippen LogP contribution is -2.57. The van der Waals surface area contributed by atoms with Crippen LogP contribution in [0.3, 0.4) is 0 Å². The summed E-state index contributed by atoms with van der Waals surface area (Å²) in [7, 11) is 1.20. The summed E-state index contributed by atoms with van der Waals surface area (Å²) in [6.45, 7) is -1.42. The summed E-state index contributed by atoms with van der Waals surface area (Å²) in [5.74, 6) is -2.79. The van der Waals surface area contributed by atoms with E-state index in [4.69, 9.17) is 4.74 Å². The van der Waals surface area contributed by atoms with E-state index in [0.717, 1.165) is 10.5 Å². The maximum Gasteiger partial charge on any atom is 0.405 e. The van der Waals surface area contributed by atoms with Crippen molar-refractivity contribution in [1.29, 1.82) is 0 Å². The van der Waals surface area contributed by atoms with Crippen LogP contribution in [0.4, 0.5) is 17.7 Å². The number of halogens is 4. The van der Waals surface area contributed by atoms with Gasteiger partial charge in [0, 0.05) is 32.9 Å². The Labute approximate surface area is 275 Å². The highest BCUT2D eigenvalue weighted by atomic mass is 19.4. The molecule has 2 aliphatic heterocycles. The topological polar surface area (TPSA) is 99.3 Å². The molecule has 1 saturated heterocycles. The molecule has 4 bridgehead atoms. The van der Waals surface area contributed by atoms with E-state index in [1.165, 1.54) is 11.9 Å². The Morgan fingerprint density at radius 2 is 1.54 bits per heavy atom. The minimum atomic E-state index is -4.72. The highest BCUT2D eigenvalue weighted by Gasteiger charge is 2.42. The van der Waals surface area contributed by atoms with Crippen LogP contribution in [0.2, 0.25) is 0 Å². The molecule has 0 spiro atoms. The lowest BCUT2D eigenvalue weighted by atomic mass is 9.99. The molecule has 0 aliphatic carbocycles. The second kappa shape index (κ2) is 14.9. The molecule has 48 heavy (non-hydrogen) atoms. The van der Waals surface area contributed by atoms with Crippen LogP contribution in [-0.4, -0.2) is 83.0 Å². The van der Waals surface area contributed by atoms with Crippen molar-refractivity contribution in [2.75, 3.05) is 20.1 Å². The number of hydrogen-bond acceptors (Lipinski definition) is 5. The average molecular weight is 669 g/mol. The summed E-state index contributed by atoms with van der Waals surface area (Å²) < 4.78 is 62.0. The summed E-state index contributed by atoms with van der Waals surface area (Å²) in [6.07, 6.45) is -4.41. The van der Waals surface area contributed by atoms with Crippen molar-refractivity contribution in [1.82, 2.24) is 20.2 Å². The summed E-state index contributed by atoms with van der Waals surface area (Å²) in [5, 5.41) is 1.67. The Morgan fingerprint density at radius 1 is 0.896 bits per heavy atom. The number of ether oxygens (including phenoxy) is 1. The van der Waals surface area contributed by atoms with Gasteiger partial charge >= 0.3 is 6.18 Å². The van der Waals surface area contributed by atoms with Crippen LogP contribution in [0.5, 0.6) is 11.5 Å². The van der Waals surface area contributed by atoms with Crippen LogP contribution in [0.25, 0.3) is 0 Å². The third kappa shape index (κ3) is 8.50. The fourth-order valence-electron chi connectivity index (χ4n) is 6.06. The van der Waals surface area contributed by atoms with Crippen LogP contribution >= 0.6 is 0 Å². The maximum atomic E-state index is 16.6. The fraction of sp³-hybridized carbons (Fsp3) is 0.371. The molecule has 4 amide bonds. The number of carbonyl (C=O) groups is 4. The van der Waals surface area contributed by atoms with Gasteiger partial charge in [-0.05, 0) is 60.2 Å². The molecule has 2 aliphatic rings. The van der Waals surface area contributed by atoms with Crippen LogP contribution < -0.4 is 10.1 Å². The standard InChI is InChI=1S/C35H36F4N4O5/c1-41-29(32(45)40-22-35(36,37)38)20-24-10-5-12-26(18-24)48-27-13-6-11-25(19-27)21-30(42-17-7-14-31(42)44)34(47)43(39)28(33(41)46)16-15-23-8-3-2-4-9-23/h2-6,8-13,18-19,28-30H,7,14-17,20-22H2,1H3,(H,40,45)/t28-,29-,30-/m0/s1. The largest absolute Gasteiger partial charge is 0.457 e. The highest BCUT2D eigenvalue weighted by molar-refractivity contribution is 5.94. The molecule has 3 aromatic carbocycles. The molecule has 5 rings (SSSR count). The van der Waals surface area contributed by atoms with E-state index >= 15 is 4.48 Å². The number of carbonyl (C=O) groups excluding carboxylic acids is 4.